The summed E-state index contributed by atoms with van der Waals surface area (Å²) in [4.78, 5) is 11.7. The highest BCUT2D eigenvalue weighted by Crippen LogP contribution is 2.13. The number of rotatable bonds is 2. The molecule has 2 rings (SSSR count). The molecule has 0 fully saturated rings. The Morgan fingerprint density at radius 1 is 1.40 bits per heavy atom. The van der Waals surface area contributed by atoms with Gasteiger partial charge in [0, 0.05) is 20.1 Å². The minimum absolute atomic E-state index is 0.166. The molecule has 0 amide bonds. The molecule has 0 spiro atoms. The lowest BCUT2D eigenvalue weighted by Crippen LogP contribution is -2.25. The van der Waals surface area contributed by atoms with Crippen molar-refractivity contribution in [3.8, 4) is 0 Å². The van der Waals surface area contributed by atoms with Gasteiger partial charge in [-0.1, -0.05) is 0 Å². The number of hydrogen-bond donors (Lipinski definition) is 1. The lowest BCUT2D eigenvalue weighted by molar-refractivity contribution is 0.626. The van der Waals surface area contributed by atoms with Crippen molar-refractivity contribution >= 4 is 11.0 Å². The molecule has 2 aromatic rings. The highest BCUT2D eigenvalue weighted by atomic mass is 19.1. The molecule has 0 atom stereocenters. The molecule has 0 bridgehead atoms. The minimum Gasteiger partial charge on any atom is -0.329 e. The zero-order valence-corrected chi connectivity index (χ0v) is 8.40. The van der Waals surface area contributed by atoms with Gasteiger partial charge in [0.2, 0.25) is 0 Å². The van der Waals surface area contributed by atoms with E-state index >= 15 is 0 Å². The monoisotopic (exact) mass is 209 g/mol. The number of fused-ring (bicyclic) bond motifs is 1. The molecule has 4 nitrogen and oxygen atoms in total. The summed E-state index contributed by atoms with van der Waals surface area (Å²) in [6.07, 6.45) is 0. The Bertz CT molecular complexity index is 556. The van der Waals surface area contributed by atoms with Crippen molar-refractivity contribution in [3.63, 3.8) is 0 Å². The molecule has 0 aliphatic heterocycles. The van der Waals surface area contributed by atoms with Crippen LogP contribution < -0.4 is 11.4 Å². The number of halogens is 1. The van der Waals surface area contributed by atoms with E-state index in [-0.39, 0.29) is 11.5 Å². The van der Waals surface area contributed by atoms with E-state index < -0.39 is 0 Å². The molecule has 0 aliphatic rings. The molecule has 5 heteroatoms. The zero-order chi connectivity index (χ0) is 11.0. The summed E-state index contributed by atoms with van der Waals surface area (Å²) in [5.41, 5.74) is 6.55. The molecule has 15 heavy (non-hydrogen) atoms. The number of nitrogens with zero attached hydrogens (tertiary/aromatic N) is 2. The number of aryl methyl sites for hydroxylation is 1. The van der Waals surface area contributed by atoms with E-state index in [1.807, 2.05) is 0 Å². The van der Waals surface area contributed by atoms with Gasteiger partial charge in [-0.25, -0.2) is 9.18 Å². The maximum atomic E-state index is 13.0. The van der Waals surface area contributed by atoms with E-state index in [4.69, 9.17) is 5.73 Å². The van der Waals surface area contributed by atoms with E-state index in [9.17, 15) is 9.18 Å². The normalized spacial score (nSPS) is 11.1. The summed E-state index contributed by atoms with van der Waals surface area (Å²) in [5, 5.41) is 0. The van der Waals surface area contributed by atoms with Gasteiger partial charge in [-0.3, -0.25) is 9.13 Å². The highest BCUT2D eigenvalue weighted by Gasteiger charge is 2.10. The lowest BCUT2D eigenvalue weighted by Gasteiger charge is -1.99. The molecule has 80 valence electrons. The number of hydrogen-bond acceptors (Lipinski definition) is 2. The smallest absolute Gasteiger partial charge is 0.328 e. The molecule has 1 aromatic carbocycles. The Morgan fingerprint density at radius 3 is 2.80 bits per heavy atom. The predicted molar refractivity (Wildman–Crippen MR) is 56.2 cm³/mol. The van der Waals surface area contributed by atoms with Gasteiger partial charge in [0.05, 0.1) is 11.0 Å². The quantitative estimate of drug-likeness (QED) is 0.780. The fourth-order valence-corrected chi connectivity index (χ4v) is 1.73. The summed E-state index contributed by atoms with van der Waals surface area (Å²) in [7, 11) is 1.66. The SMILES string of the molecule is Cn1c(=O)n(CCN)c2cc(F)ccc21. The molecule has 0 saturated heterocycles. The number of aromatic nitrogens is 2. The third-order valence-corrected chi connectivity index (χ3v) is 2.46. The number of benzene rings is 1. The van der Waals surface area contributed by atoms with Crippen LogP contribution in [0.1, 0.15) is 0 Å². The first-order valence-corrected chi connectivity index (χ1v) is 4.70. The van der Waals surface area contributed by atoms with Crippen LogP contribution in [-0.4, -0.2) is 15.7 Å². The summed E-state index contributed by atoms with van der Waals surface area (Å²) in [6.45, 7) is 0.759. The summed E-state index contributed by atoms with van der Waals surface area (Å²) < 4.78 is 16.0. The van der Waals surface area contributed by atoms with Crippen molar-refractivity contribution in [1.82, 2.24) is 9.13 Å². The largest absolute Gasteiger partial charge is 0.329 e. The van der Waals surface area contributed by atoms with Crippen LogP contribution >= 0.6 is 0 Å². The fourth-order valence-electron chi connectivity index (χ4n) is 1.73. The van der Waals surface area contributed by atoms with Crippen LogP contribution in [0.2, 0.25) is 0 Å². The second-order valence-electron chi connectivity index (χ2n) is 3.41. The molecule has 0 aliphatic carbocycles. The lowest BCUT2D eigenvalue weighted by atomic mass is 10.3. The van der Waals surface area contributed by atoms with Gasteiger partial charge in [0.15, 0.2) is 0 Å². The standard InChI is InChI=1S/C10H12FN3O/c1-13-8-3-2-7(11)6-9(8)14(5-4-12)10(13)15/h2-3,6H,4-5,12H2,1H3. The summed E-state index contributed by atoms with van der Waals surface area (Å²) in [5.74, 6) is -0.348. The average Bonchev–Trinajstić information content (AvgIpc) is 2.44. The maximum Gasteiger partial charge on any atom is 0.328 e. The van der Waals surface area contributed by atoms with E-state index in [0.717, 1.165) is 5.52 Å². The topological polar surface area (TPSA) is 53.0 Å². The van der Waals surface area contributed by atoms with Crippen molar-refractivity contribution in [2.75, 3.05) is 6.54 Å². The van der Waals surface area contributed by atoms with Gasteiger partial charge in [0.25, 0.3) is 0 Å². The van der Waals surface area contributed by atoms with Crippen molar-refractivity contribution in [3.05, 3.63) is 34.5 Å². The second kappa shape index (κ2) is 3.51. The Morgan fingerprint density at radius 2 is 2.13 bits per heavy atom. The first kappa shape index (κ1) is 9.92. The first-order chi connectivity index (χ1) is 7.15. The van der Waals surface area contributed by atoms with Crippen molar-refractivity contribution < 1.29 is 4.39 Å². The van der Waals surface area contributed by atoms with Crippen LogP contribution in [0, 0.1) is 5.82 Å². The Labute approximate surface area is 85.7 Å². The van der Waals surface area contributed by atoms with Crippen LogP contribution in [0.4, 0.5) is 4.39 Å². The minimum atomic E-state index is -0.348. The van der Waals surface area contributed by atoms with E-state index in [1.165, 1.54) is 21.3 Å². The van der Waals surface area contributed by atoms with Crippen molar-refractivity contribution in [2.24, 2.45) is 12.8 Å². The van der Waals surface area contributed by atoms with Crippen LogP contribution in [0.25, 0.3) is 11.0 Å². The molecule has 2 N–H and O–H groups in total. The zero-order valence-electron chi connectivity index (χ0n) is 8.40. The third-order valence-electron chi connectivity index (χ3n) is 2.46. The van der Waals surface area contributed by atoms with Gasteiger partial charge in [-0.05, 0) is 18.2 Å². The number of imidazole rings is 1. The molecular formula is C10H12FN3O. The Kier molecular flexibility index (Phi) is 2.32. The van der Waals surface area contributed by atoms with E-state index in [0.29, 0.717) is 18.6 Å². The second-order valence-corrected chi connectivity index (χ2v) is 3.41. The average molecular weight is 209 g/mol. The molecule has 0 radical (unpaired) electrons. The van der Waals surface area contributed by atoms with E-state index in [1.54, 1.807) is 13.1 Å². The van der Waals surface area contributed by atoms with Gasteiger partial charge < -0.3 is 5.73 Å². The predicted octanol–water partition coefficient (Wildman–Crippen LogP) is 0.438. The van der Waals surface area contributed by atoms with Gasteiger partial charge >= 0.3 is 5.69 Å². The van der Waals surface area contributed by atoms with E-state index in [2.05, 4.69) is 0 Å². The highest BCUT2D eigenvalue weighted by molar-refractivity contribution is 5.76. The van der Waals surface area contributed by atoms with Crippen LogP contribution in [0.3, 0.4) is 0 Å². The van der Waals surface area contributed by atoms with Crippen LogP contribution in [-0.2, 0) is 13.6 Å². The summed E-state index contributed by atoms with van der Waals surface area (Å²) >= 11 is 0. The Balaban J connectivity index is 2.82. The molecule has 0 saturated carbocycles. The first-order valence-electron chi connectivity index (χ1n) is 4.70. The molecule has 1 aromatic heterocycles. The van der Waals surface area contributed by atoms with Crippen LogP contribution in [0.15, 0.2) is 23.0 Å². The molecule has 1 heterocycles. The fraction of sp³-hybridized carbons (Fsp3) is 0.300. The van der Waals surface area contributed by atoms with Gasteiger partial charge in [-0.15, -0.1) is 0 Å². The maximum absolute atomic E-state index is 13.0. The van der Waals surface area contributed by atoms with Crippen LogP contribution in [0.5, 0.6) is 0 Å². The van der Waals surface area contributed by atoms with Crippen molar-refractivity contribution in [2.45, 2.75) is 6.54 Å². The van der Waals surface area contributed by atoms with Gasteiger partial charge in [-0.2, -0.15) is 0 Å². The summed E-state index contributed by atoms with van der Waals surface area (Å²) in [6, 6.07) is 4.29. The van der Waals surface area contributed by atoms with Crippen molar-refractivity contribution in [1.29, 1.82) is 0 Å². The molecular weight excluding hydrogens is 197 g/mol. The van der Waals surface area contributed by atoms with Gasteiger partial charge in [0.1, 0.15) is 5.82 Å². The molecule has 0 unspecified atom stereocenters. The third kappa shape index (κ3) is 1.45. The number of nitrogens with two attached hydrogens (primary N) is 1. The Hall–Kier alpha value is -1.62.